The van der Waals surface area contributed by atoms with Crippen LogP contribution in [-0.4, -0.2) is 41.7 Å². The van der Waals surface area contributed by atoms with Crippen LogP contribution in [0.2, 0.25) is 0 Å². The van der Waals surface area contributed by atoms with E-state index in [0.29, 0.717) is 0 Å². The summed E-state index contributed by atoms with van der Waals surface area (Å²) in [4.78, 5) is 27.9. The molecule has 0 spiro atoms. The van der Waals surface area contributed by atoms with E-state index in [-0.39, 0.29) is 11.9 Å². The van der Waals surface area contributed by atoms with E-state index in [0.717, 1.165) is 58.8 Å². The second kappa shape index (κ2) is 10.9. The highest BCUT2D eigenvalue weighted by Crippen LogP contribution is 2.51. The Hall–Kier alpha value is -2.38. The molecule has 1 saturated heterocycles. The number of amides is 1. The Kier molecular flexibility index (Phi) is 7.68. The minimum atomic E-state index is 0.122. The minimum Gasteiger partial charge on any atom is -0.372 e. The molecule has 2 aromatic rings. The average molecular weight is 521 g/mol. The molecule has 3 aliphatic rings. The van der Waals surface area contributed by atoms with Gasteiger partial charge in [-0.25, -0.2) is 4.99 Å². The zero-order chi connectivity index (χ0) is 25.2. The number of aryl methyl sites for hydroxylation is 1. The van der Waals surface area contributed by atoms with E-state index >= 15 is 0 Å². The van der Waals surface area contributed by atoms with Gasteiger partial charge in [0.2, 0.25) is 0 Å². The van der Waals surface area contributed by atoms with Crippen molar-refractivity contribution >= 4 is 51.7 Å². The number of carbonyl (C=O) groups is 1. The van der Waals surface area contributed by atoms with Crippen LogP contribution in [0.3, 0.4) is 0 Å². The maximum Gasteiger partial charge on any atom is 0.269 e. The lowest BCUT2D eigenvalue weighted by Crippen LogP contribution is -2.40. The standard InChI is InChI=1S/C29H36N4OS2/c1-5-31(6-2)22-17-18-23(20(4)19-22)30-29-33(21-13-9-8-10-14-21)27(34)26(36-29)28-32(7-3)24-15-11-12-16-25(24)35-28/h11-12,15-19,21H,5-10,13-14H2,1-4H3. The van der Waals surface area contributed by atoms with Crippen LogP contribution in [0.1, 0.15) is 58.4 Å². The highest BCUT2D eigenvalue weighted by molar-refractivity contribution is 8.19. The molecule has 2 aromatic carbocycles. The van der Waals surface area contributed by atoms with Gasteiger partial charge in [-0.05, 0) is 88.2 Å². The number of amidine groups is 1. The van der Waals surface area contributed by atoms with Gasteiger partial charge in [0.1, 0.15) is 9.93 Å². The van der Waals surface area contributed by atoms with Gasteiger partial charge < -0.3 is 9.80 Å². The molecule has 1 amide bonds. The molecule has 1 aliphatic carbocycles. The Morgan fingerprint density at radius 1 is 1.00 bits per heavy atom. The van der Waals surface area contributed by atoms with Crippen molar-refractivity contribution in [2.75, 3.05) is 29.4 Å². The lowest BCUT2D eigenvalue weighted by molar-refractivity contribution is -0.124. The van der Waals surface area contributed by atoms with Crippen LogP contribution in [0.15, 0.2) is 62.3 Å². The molecule has 0 atom stereocenters. The molecular weight excluding hydrogens is 484 g/mol. The van der Waals surface area contributed by atoms with Crippen molar-refractivity contribution in [1.82, 2.24) is 4.90 Å². The van der Waals surface area contributed by atoms with Gasteiger partial charge >= 0.3 is 0 Å². The Morgan fingerprint density at radius 3 is 2.44 bits per heavy atom. The number of nitrogens with zero attached hydrogens (tertiary/aromatic N) is 4. The number of aliphatic imine (C=N–C) groups is 1. The van der Waals surface area contributed by atoms with E-state index in [1.807, 2.05) is 4.90 Å². The summed E-state index contributed by atoms with van der Waals surface area (Å²) in [6, 6.07) is 15.2. The summed E-state index contributed by atoms with van der Waals surface area (Å²) in [6.07, 6.45) is 5.72. The molecule has 0 bridgehead atoms. The molecule has 190 valence electrons. The molecule has 2 heterocycles. The Morgan fingerprint density at radius 2 is 1.75 bits per heavy atom. The lowest BCUT2D eigenvalue weighted by Gasteiger charge is -2.30. The molecule has 0 N–H and O–H groups in total. The van der Waals surface area contributed by atoms with Gasteiger partial charge in [-0.15, -0.1) is 0 Å². The third kappa shape index (κ3) is 4.68. The fourth-order valence-corrected chi connectivity index (χ4v) is 7.87. The van der Waals surface area contributed by atoms with Crippen LogP contribution in [-0.2, 0) is 4.79 Å². The number of para-hydroxylation sites is 1. The number of thioether (sulfide) groups is 2. The van der Waals surface area contributed by atoms with Gasteiger partial charge in [0, 0.05) is 36.3 Å². The first kappa shape index (κ1) is 25.3. The summed E-state index contributed by atoms with van der Waals surface area (Å²) in [5.41, 5.74) is 4.51. The maximum absolute atomic E-state index is 14.0. The minimum absolute atomic E-state index is 0.122. The van der Waals surface area contributed by atoms with E-state index in [2.05, 4.69) is 80.0 Å². The van der Waals surface area contributed by atoms with Crippen LogP contribution in [0, 0.1) is 6.92 Å². The molecule has 1 saturated carbocycles. The first-order chi connectivity index (χ1) is 17.5. The highest BCUT2D eigenvalue weighted by atomic mass is 32.2. The first-order valence-corrected chi connectivity index (χ1v) is 14.9. The molecule has 5 rings (SSSR count). The van der Waals surface area contributed by atoms with Crippen LogP contribution in [0.25, 0.3) is 0 Å². The maximum atomic E-state index is 14.0. The van der Waals surface area contributed by atoms with E-state index in [1.165, 1.54) is 35.5 Å². The molecule has 2 fully saturated rings. The smallest absolute Gasteiger partial charge is 0.269 e. The van der Waals surface area contributed by atoms with Crippen molar-refractivity contribution in [1.29, 1.82) is 0 Å². The number of rotatable bonds is 6. The van der Waals surface area contributed by atoms with Crippen molar-refractivity contribution in [3.63, 3.8) is 0 Å². The summed E-state index contributed by atoms with van der Waals surface area (Å²) in [6.45, 7) is 11.4. The zero-order valence-corrected chi connectivity index (χ0v) is 23.4. The van der Waals surface area contributed by atoms with E-state index in [1.54, 1.807) is 23.5 Å². The molecular formula is C29H36N4OS2. The van der Waals surface area contributed by atoms with Crippen molar-refractivity contribution < 1.29 is 4.79 Å². The summed E-state index contributed by atoms with van der Waals surface area (Å²) >= 11 is 3.28. The van der Waals surface area contributed by atoms with Gasteiger partial charge in [0.05, 0.1) is 11.4 Å². The van der Waals surface area contributed by atoms with Crippen molar-refractivity contribution in [3.05, 3.63) is 58.0 Å². The predicted molar refractivity (Wildman–Crippen MR) is 155 cm³/mol. The zero-order valence-electron chi connectivity index (χ0n) is 21.8. The topological polar surface area (TPSA) is 39.1 Å². The number of hydrogen-bond acceptors (Lipinski definition) is 6. The third-order valence-electron chi connectivity index (χ3n) is 7.40. The van der Waals surface area contributed by atoms with Crippen molar-refractivity contribution in [3.8, 4) is 0 Å². The van der Waals surface area contributed by atoms with Gasteiger partial charge in [0.15, 0.2) is 5.17 Å². The number of anilines is 2. The van der Waals surface area contributed by atoms with Crippen molar-refractivity contribution in [2.24, 2.45) is 4.99 Å². The quantitative estimate of drug-likeness (QED) is 0.368. The lowest BCUT2D eigenvalue weighted by atomic mass is 9.94. The van der Waals surface area contributed by atoms with Crippen LogP contribution in [0.5, 0.6) is 0 Å². The summed E-state index contributed by atoms with van der Waals surface area (Å²) in [5, 5.41) is 1.88. The second-order valence-electron chi connectivity index (χ2n) is 9.55. The summed E-state index contributed by atoms with van der Waals surface area (Å²) in [7, 11) is 0. The number of carbonyl (C=O) groups excluding carboxylic acids is 1. The van der Waals surface area contributed by atoms with Crippen LogP contribution >= 0.6 is 23.5 Å². The SMILES string of the molecule is CCN(CC)c1ccc(N=C2SC(=C3Sc4ccccc4N3CC)C(=O)N2C2CCCCC2)c(C)c1. The van der Waals surface area contributed by atoms with Crippen molar-refractivity contribution in [2.45, 2.75) is 70.7 Å². The summed E-state index contributed by atoms with van der Waals surface area (Å²) < 4.78 is 0. The Bertz CT molecular complexity index is 1200. The summed E-state index contributed by atoms with van der Waals surface area (Å²) in [5.74, 6) is 0.122. The second-order valence-corrected chi connectivity index (χ2v) is 11.6. The fraction of sp³-hybridized carbons (Fsp3) is 0.448. The molecule has 0 aromatic heterocycles. The molecule has 2 aliphatic heterocycles. The normalized spacial score (nSPS) is 21.6. The van der Waals surface area contributed by atoms with Crippen LogP contribution < -0.4 is 9.80 Å². The largest absolute Gasteiger partial charge is 0.372 e. The molecule has 0 radical (unpaired) electrons. The molecule has 0 unspecified atom stereocenters. The number of fused-ring (bicyclic) bond motifs is 1. The Labute approximate surface area is 224 Å². The molecule has 5 nitrogen and oxygen atoms in total. The third-order valence-corrected chi connectivity index (χ3v) is 9.75. The van der Waals surface area contributed by atoms with Gasteiger partial charge in [-0.3, -0.25) is 9.69 Å². The number of benzene rings is 2. The van der Waals surface area contributed by atoms with Crippen LogP contribution in [0.4, 0.5) is 17.1 Å². The predicted octanol–water partition coefficient (Wildman–Crippen LogP) is 7.54. The van der Waals surface area contributed by atoms with Gasteiger partial charge in [0.25, 0.3) is 5.91 Å². The van der Waals surface area contributed by atoms with Gasteiger partial charge in [-0.1, -0.05) is 43.2 Å². The van der Waals surface area contributed by atoms with E-state index in [9.17, 15) is 4.79 Å². The monoisotopic (exact) mass is 520 g/mol. The fourth-order valence-electron chi connectivity index (χ4n) is 5.43. The molecule has 36 heavy (non-hydrogen) atoms. The Balaban J connectivity index is 1.54. The van der Waals surface area contributed by atoms with Gasteiger partial charge in [-0.2, -0.15) is 0 Å². The molecule has 7 heteroatoms. The number of hydrogen-bond donors (Lipinski definition) is 0. The van der Waals surface area contributed by atoms with E-state index < -0.39 is 0 Å². The average Bonchev–Trinajstić information content (AvgIpc) is 3.43. The first-order valence-electron chi connectivity index (χ1n) is 13.3. The highest BCUT2D eigenvalue weighted by Gasteiger charge is 2.42. The van der Waals surface area contributed by atoms with E-state index in [4.69, 9.17) is 4.99 Å².